The summed E-state index contributed by atoms with van der Waals surface area (Å²) in [6.45, 7) is 2.98. The van der Waals surface area contributed by atoms with Crippen molar-refractivity contribution in [1.82, 2.24) is 4.90 Å². The van der Waals surface area contributed by atoms with Gasteiger partial charge in [0.2, 0.25) is 5.91 Å². The van der Waals surface area contributed by atoms with Crippen LogP contribution >= 0.6 is 0 Å². The Morgan fingerprint density at radius 3 is 2.44 bits per heavy atom. The molecule has 1 aliphatic heterocycles. The van der Waals surface area contributed by atoms with Gasteiger partial charge in [0.1, 0.15) is 0 Å². The molecule has 0 aromatic carbocycles. The molecule has 2 unspecified atom stereocenters. The van der Waals surface area contributed by atoms with Crippen molar-refractivity contribution in [2.24, 2.45) is 23.5 Å². The van der Waals surface area contributed by atoms with Crippen LogP contribution < -0.4 is 5.73 Å². The van der Waals surface area contributed by atoms with E-state index < -0.39 is 0 Å². The summed E-state index contributed by atoms with van der Waals surface area (Å²) in [5.41, 5.74) is 5.43. The van der Waals surface area contributed by atoms with Gasteiger partial charge in [-0.3, -0.25) is 4.79 Å². The Morgan fingerprint density at radius 1 is 1.17 bits per heavy atom. The van der Waals surface area contributed by atoms with E-state index >= 15 is 0 Å². The van der Waals surface area contributed by atoms with E-state index in [0.29, 0.717) is 31.1 Å². The van der Waals surface area contributed by atoms with Gasteiger partial charge < -0.3 is 15.4 Å². The van der Waals surface area contributed by atoms with E-state index in [9.17, 15) is 4.79 Å². The Balaban J connectivity index is 1.43. The fourth-order valence-corrected chi connectivity index (χ4v) is 3.65. The minimum Gasteiger partial charge on any atom is -0.377 e. The first-order chi connectivity index (χ1) is 8.78. The van der Waals surface area contributed by atoms with Crippen molar-refractivity contribution in [1.29, 1.82) is 0 Å². The van der Waals surface area contributed by atoms with Crippen molar-refractivity contribution < 1.29 is 9.53 Å². The zero-order valence-electron chi connectivity index (χ0n) is 11.0. The van der Waals surface area contributed by atoms with Gasteiger partial charge in [0, 0.05) is 25.6 Å². The predicted molar refractivity (Wildman–Crippen MR) is 68.9 cm³/mol. The maximum Gasteiger partial charge on any atom is 0.225 e. The zero-order valence-corrected chi connectivity index (χ0v) is 11.0. The summed E-state index contributed by atoms with van der Waals surface area (Å²) in [6, 6.07) is 0. The van der Waals surface area contributed by atoms with Crippen molar-refractivity contribution in [3.63, 3.8) is 0 Å². The number of hydrogen-bond acceptors (Lipinski definition) is 3. The number of rotatable bonds is 4. The molecule has 2 atom stereocenters. The molecule has 1 saturated heterocycles. The number of amides is 1. The first-order valence-corrected chi connectivity index (χ1v) is 7.38. The fourth-order valence-electron chi connectivity index (χ4n) is 3.65. The highest BCUT2D eigenvalue weighted by atomic mass is 16.5. The smallest absolute Gasteiger partial charge is 0.225 e. The molecule has 2 saturated carbocycles. The van der Waals surface area contributed by atoms with E-state index in [2.05, 4.69) is 4.90 Å². The lowest BCUT2D eigenvalue weighted by Gasteiger charge is -2.33. The molecular weight excluding hydrogens is 228 g/mol. The summed E-state index contributed by atoms with van der Waals surface area (Å²) < 4.78 is 5.65. The van der Waals surface area contributed by atoms with Crippen molar-refractivity contribution in [3.05, 3.63) is 0 Å². The van der Waals surface area contributed by atoms with Gasteiger partial charge in [-0.1, -0.05) is 0 Å². The molecule has 1 amide bonds. The van der Waals surface area contributed by atoms with E-state index in [1.807, 2.05) is 0 Å². The van der Waals surface area contributed by atoms with E-state index in [1.165, 1.54) is 6.42 Å². The van der Waals surface area contributed by atoms with E-state index in [1.54, 1.807) is 0 Å². The Bertz CT molecular complexity index is 303. The van der Waals surface area contributed by atoms with Crippen LogP contribution in [0.3, 0.4) is 0 Å². The molecule has 2 N–H and O–H groups in total. The summed E-state index contributed by atoms with van der Waals surface area (Å²) in [7, 11) is 0. The zero-order chi connectivity index (χ0) is 12.5. The van der Waals surface area contributed by atoms with Crippen LogP contribution in [0.15, 0.2) is 0 Å². The number of nitrogens with two attached hydrogens (primary N) is 1. The molecule has 0 bridgehead atoms. The number of carbonyl (C=O) groups excluding carboxylic acids is 1. The lowest BCUT2D eigenvalue weighted by atomic mass is 9.99. The Morgan fingerprint density at radius 2 is 1.83 bits per heavy atom. The van der Waals surface area contributed by atoms with Crippen molar-refractivity contribution in [2.75, 3.05) is 26.2 Å². The molecule has 1 heterocycles. The minimum atomic E-state index is 0.314. The first kappa shape index (κ1) is 12.4. The minimum absolute atomic E-state index is 0.314. The largest absolute Gasteiger partial charge is 0.377 e. The molecule has 4 heteroatoms. The van der Waals surface area contributed by atoms with Gasteiger partial charge >= 0.3 is 0 Å². The molecule has 0 aromatic rings. The number of hydrogen-bond donors (Lipinski definition) is 1. The average molecular weight is 252 g/mol. The second-order valence-corrected chi connectivity index (χ2v) is 6.11. The third-order valence-corrected chi connectivity index (χ3v) is 4.82. The van der Waals surface area contributed by atoms with E-state index in [0.717, 1.165) is 50.6 Å². The average Bonchev–Trinajstić information content (AvgIpc) is 3.03. The molecule has 0 aromatic heterocycles. The molecule has 0 spiro atoms. The predicted octanol–water partition coefficient (Wildman–Crippen LogP) is 0.999. The molecule has 0 radical (unpaired) electrons. The van der Waals surface area contributed by atoms with Gasteiger partial charge in [0.05, 0.1) is 12.7 Å². The normalized spacial score (nSPS) is 35.6. The van der Waals surface area contributed by atoms with Gasteiger partial charge in [-0.2, -0.15) is 0 Å². The lowest BCUT2D eigenvalue weighted by Crippen LogP contribution is -2.43. The second-order valence-electron chi connectivity index (χ2n) is 6.11. The topological polar surface area (TPSA) is 55.6 Å². The first-order valence-electron chi connectivity index (χ1n) is 7.38. The monoisotopic (exact) mass is 252 g/mol. The highest BCUT2D eigenvalue weighted by Gasteiger charge is 2.48. The van der Waals surface area contributed by atoms with Crippen LogP contribution in [0.1, 0.15) is 32.1 Å². The fraction of sp³-hybridized carbons (Fsp3) is 0.929. The van der Waals surface area contributed by atoms with Crippen LogP contribution in [0, 0.1) is 17.8 Å². The molecule has 3 rings (SSSR count). The van der Waals surface area contributed by atoms with Gasteiger partial charge in [0.25, 0.3) is 0 Å². The number of likely N-dealkylation sites (tertiary alicyclic amines) is 1. The van der Waals surface area contributed by atoms with Crippen LogP contribution in [0.2, 0.25) is 0 Å². The highest BCUT2D eigenvalue weighted by molar-refractivity contribution is 5.79. The summed E-state index contributed by atoms with van der Waals surface area (Å²) >= 11 is 0. The molecular formula is C14H24N2O2. The Kier molecular flexibility index (Phi) is 3.57. The number of ether oxygens (including phenoxy) is 1. The lowest BCUT2D eigenvalue weighted by molar-refractivity contribution is -0.138. The molecule has 102 valence electrons. The van der Waals surface area contributed by atoms with Gasteiger partial charge in [0.15, 0.2) is 0 Å². The summed E-state index contributed by atoms with van der Waals surface area (Å²) in [6.07, 6.45) is 5.98. The number of piperidine rings is 1. The third kappa shape index (κ3) is 2.54. The third-order valence-electron chi connectivity index (χ3n) is 4.82. The molecule has 3 aliphatic rings. The quantitative estimate of drug-likeness (QED) is 0.812. The number of fused-ring (bicyclic) bond motifs is 1. The SMILES string of the molecule is NCCOC1CCN(C(=O)C2CC3CC3C2)CC1. The summed E-state index contributed by atoms with van der Waals surface area (Å²) in [4.78, 5) is 14.4. The van der Waals surface area contributed by atoms with Crippen molar-refractivity contribution >= 4 is 5.91 Å². The van der Waals surface area contributed by atoms with Crippen LogP contribution in [0.25, 0.3) is 0 Å². The maximum atomic E-state index is 12.4. The maximum absolute atomic E-state index is 12.4. The standard InChI is InChI=1S/C14H24N2O2/c15-3-6-18-13-1-4-16(5-2-13)14(17)12-8-10-7-11(10)9-12/h10-13H,1-9,15H2. The Hall–Kier alpha value is -0.610. The molecule has 2 aliphatic carbocycles. The van der Waals surface area contributed by atoms with Gasteiger partial charge in [-0.15, -0.1) is 0 Å². The Labute approximate surface area is 109 Å². The van der Waals surface area contributed by atoms with Gasteiger partial charge in [-0.25, -0.2) is 0 Å². The number of nitrogens with zero attached hydrogens (tertiary/aromatic N) is 1. The van der Waals surface area contributed by atoms with Crippen LogP contribution in [-0.2, 0) is 9.53 Å². The van der Waals surface area contributed by atoms with Crippen LogP contribution in [0.5, 0.6) is 0 Å². The highest BCUT2D eigenvalue weighted by Crippen LogP contribution is 2.54. The van der Waals surface area contributed by atoms with Crippen molar-refractivity contribution in [2.45, 2.75) is 38.2 Å². The van der Waals surface area contributed by atoms with Crippen LogP contribution in [-0.4, -0.2) is 43.2 Å². The van der Waals surface area contributed by atoms with Gasteiger partial charge in [-0.05, 0) is 43.9 Å². The number of carbonyl (C=O) groups is 1. The summed E-state index contributed by atoms with van der Waals surface area (Å²) in [5.74, 6) is 2.54. The summed E-state index contributed by atoms with van der Waals surface area (Å²) in [5, 5.41) is 0. The van der Waals surface area contributed by atoms with E-state index in [-0.39, 0.29) is 0 Å². The molecule has 3 fully saturated rings. The van der Waals surface area contributed by atoms with E-state index in [4.69, 9.17) is 10.5 Å². The van der Waals surface area contributed by atoms with Crippen LogP contribution in [0.4, 0.5) is 0 Å². The van der Waals surface area contributed by atoms with Crippen molar-refractivity contribution in [3.8, 4) is 0 Å². The molecule has 4 nitrogen and oxygen atoms in total. The molecule has 18 heavy (non-hydrogen) atoms. The second kappa shape index (κ2) is 5.17.